The number of benzene rings is 16. The summed E-state index contributed by atoms with van der Waals surface area (Å²) in [5.41, 5.74) is 35.8. The minimum Gasteiger partial charge on any atom is -0.457 e. The quantitative estimate of drug-likeness (QED) is 0.134. The number of hydrogen-bond donors (Lipinski definition) is 0. The fourth-order valence-electron chi connectivity index (χ4n) is 18.4. The van der Waals surface area contributed by atoms with E-state index in [1.807, 2.05) is 0 Å². The van der Waals surface area contributed by atoms with Gasteiger partial charge in [-0.3, -0.25) is 0 Å². The van der Waals surface area contributed by atoms with Gasteiger partial charge >= 0.3 is 0 Å². The molecule has 0 aromatic heterocycles. The third-order valence-electron chi connectivity index (χ3n) is 23.1. The Kier molecular flexibility index (Phi) is 13.7. The van der Waals surface area contributed by atoms with Gasteiger partial charge in [0.15, 0.2) is 0 Å². The molecule has 0 atom stereocenters. The van der Waals surface area contributed by atoms with Gasteiger partial charge < -0.3 is 19.4 Å². The lowest BCUT2D eigenvalue weighted by Crippen LogP contribution is -2.61. The highest BCUT2D eigenvalue weighted by molar-refractivity contribution is 7.00. The Morgan fingerprint density at radius 1 is 0.238 bits per heavy atom. The average Bonchev–Trinajstić information content (AvgIpc) is 1.65. The van der Waals surface area contributed by atoms with E-state index < -0.39 is 10.8 Å². The molecule has 5 heteroatoms. The third kappa shape index (κ3) is 9.14. The van der Waals surface area contributed by atoms with Gasteiger partial charge in [-0.05, 0) is 179 Å². The van der Waals surface area contributed by atoms with Crippen molar-refractivity contribution in [1.82, 2.24) is 0 Å². The summed E-state index contributed by atoms with van der Waals surface area (Å²) in [6, 6.07) is 141. The van der Waals surface area contributed by atoms with Gasteiger partial charge in [-0.25, -0.2) is 0 Å². The van der Waals surface area contributed by atoms with E-state index in [2.05, 4.69) is 405 Å². The fourth-order valence-corrected chi connectivity index (χ4v) is 18.4. The normalized spacial score (nSPS) is 14.0. The number of anilines is 9. The van der Waals surface area contributed by atoms with Crippen LogP contribution in [0.2, 0.25) is 0 Å². The van der Waals surface area contributed by atoms with Gasteiger partial charge in [-0.1, -0.05) is 311 Å². The summed E-state index contributed by atoms with van der Waals surface area (Å²) in [7, 11) is 0. The van der Waals surface area contributed by atoms with Crippen molar-refractivity contribution in [3.63, 3.8) is 0 Å². The van der Waals surface area contributed by atoms with Gasteiger partial charge in [0.2, 0.25) is 0 Å². The van der Waals surface area contributed by atoms with Crippen molar-refractivity contribution >= 4 is 74.3 Å². The van der Waals surface area contributed by atoms with E-state index in [1.165, 1.54) is 44.3 Å². The maximum Gasteiger partial charge on any atom is 0.252 e. The molecule has 492 valence electrons. The predicted octanol–water partition coefficient (Wildman–Crippen LogP) is 24.3. The smallest absolute Gasteiger partial charge is 0.252 e. The molecule has 0 radical (unpaired) electrons. The zero-order valence-corrected chi connectivity index (χ0v) is 58.1. The van der Waals surface area contributed by atoms with E-state index in [0.29, 0.717) is 0 Å². The Labute approximate surface area is 613 Å². The van der Waals surface area contributed by atoms with Crippen LogP contribution in [0.3, 0.4) is 0 Å². The van der Waals surface area contributed by atoms with Gasteiger partial charge in [0.1, 0.15) is 11.5 Å². The van der Waals surface area contributed by atoms with Crippen LogP contribution in [-0.2, 0) is 10.8 Å². The minimum atomic E-state index is -0.697. The molecule has 0 unspecified atom stereocenters. The maximum atomic E-state index is 7.34. The Morgan fingerprint density at radius 2 is 0.686 bits per heavy atom. The van der Waals surface area contributed by atoms with Gasteiger partial charge in [0, 0.05) is 61.7 Å². The maximum absolute atomic E-state index is 7.34. The lowest BCUT2D eigenvalue weighted by Gasteiger charge is -2.47. The van der Waals surface area contributed by atoms with E-state index in [4.69, 9.17) is 4.74 Å². The topological polar surface area (TPSA) is 19.0 Å². The van der Waals surface area contributed by atoms with Crippen LogP contribution >= 0.6 is 0 Å². The first-order chi connectivity index (χ1) is 51.9. The van der Waals surface area contributed by atoms with Gasteiger partial charge in [0.25, 0.3) is 6.71 Å². The van der Waals surface area contributed by atoms with E-state index in [0.717, 1.165) is 146 Å². The summed E-state index contributed by atoms with van der Waals surface area (Å²) >= 11 is 0. The van der Waals surface area contributed by atoms with Crippen molar-refractivity contribution in [2.75, 3.05) is 14.7 Å². The zero-order chi connectivity index (χ0) is 69.5. The molecule has 16 aromatic rings. The van der Waals surface area contributed by atoms with Crippen LogP contribution < -0.4 is 35.8 Å². The van der Waals surface area contributed by atoms with Gasteiger partial charge in [-0.2, -0.15) is 0 Å². The number of hydrogen-bond acceptors (Lipinski definition) is 4. The fraction of sp³-hybridized carbons (Fsp3) is 0.0400. The molecule has 0 fully saturated rings. The molecule has 0 bridgehead atoms. The lowest BCUT2D eigenvalue weighted by molar-refractivity contribution is 0.418. The summed E-state index contributed by atoms with van der Waals surface area (Å²) in [6.07, 6.45) is 0. The number of para-hydroxylation sites is 4. The molecular weight excluding hydrogens is 1270 g/mol. The van der Waals surface area contributed by atoms with Gasteiger partial charge in [0.05, 0.1) is 28.2 Å². The number of nitrogens with zero attached hydrogens (tertiary/aromatic N) is 3. The SMILES string of the molecule is CC1(C)c2ccccc2Oc2cc3c(cc21)N(c1ccc(-c2ccccc2)cc1-c1ccccc1)c1cc(-c2ccc4c(c2)C2(c5ccccc5-c5ccccc52)c2ccccc2N4c2ccccc2)cc2c1B3c1cc(-c3ccccc3)ccc1N2c1c(-c2ccccc2)cccc1-c1ccccc1. The Balaban J connectivity index is 0.928. The molecule has 105 heavy (non-hydrogen) atoms. The first-order valence-electron chi connectivity index (χ1n) is 36.6. The van der Waals surface area contributed by atoms with Gasteiger partial charge in [-0.15, -0.1) is 0 Å². The molecule has 4 nitrogen and oxygen atoms in total. The van der Waals surface area contributed by atoms with Crippen LogP contribution in [0.25, 0.3) is 77.9 Å². The van der Waals surface area contributed by atoms with E-state index in [1.54, 1.807) is 0 Å². The molecule has 0 amide bonds. The first-order valence-corrected chi connectivity index (χ1v) is 36.6. The second kappa shape index (κ2) is 23.7. The Morgan fingerprint density at radius 3 is 1.30 bits per heavy atom. The number of fused-ring (bicyclic) bond motifs is 15. The van der Waals surface area contributed by atoms with Crippen LogP contribution in [0, 0.1) is 0 Å². The molecule has 21 rings (SSSR count). The number of ether oxygens (including phenoxy) is 1. The standard InChI is InChI=1S/C100H68BN3O/c1-99(2)83-49-26-28-51-95(83)105-96-64-87-92(63-85(96)99)103(88-55-52-70(65-30-9-3-10-31-65)58-79(88)69-38-17-7-18-39-69)93-61-73(71-53-56-90-84(59-71)100(80-46-23-21-42-77(80)78-43-22-24-47-81(78)100)82-48-25-27-50-89(82)102(90)74-40-19-8-20-41-74)62-94-97(93)101(87)86-60-72(66-32-11-4-12-33-66)54-57-91(86)104(94)98-75(67-34-13-5-14-35-67)44-29-45-76(98)68-36-15-6-16-37-68/h3-64H,1-2H3. The molecule has 0 saturated carbocycles. The molecule has 1 spiro atoms. The molecule has 0 saturated heterocycles. The van der Waals surface area contributed by atoms with Crippen LogP contribution in [0.15, 0.2) is 376 Å². The van der Waals surface area contributed by atoms with E-state index in [9.17, 15) is 0 Å². The molecule has 16 aromatic carbocycles. The third-order valence-corrected chi connectivity index (χ3v) is 23.1. The number of rotatable bonds is 9. The van der Waals surface area contributed by atoms with Crippen molar-refractivity contribution in [3.05, 3.63) is 409 Å². The minimum absolute atomic E-state index is 0.304. The second-order valence-electron chi connectivity index (χ2n) is 29.0. The van der Waals surface area contributed by atoms with Crippen molar-refractivity contribution < 1.29 is 4.74 Å². The Hall–Kier alpha value is -13.2. The van der Waals surface area contributed by atoms with Crippen molar-refractivity contribution in [1.29, 1.82) is 0 Å². The average molecular weight is 1340 g/mol. The summed E-state index contributed by atoms with van der Waals surface area (Å²) < 4.78 is 7.34. The summed E-state index contributed by atoms with van der Waals surface area (Å²) in [6.45, 7) is 4.44. The highest BCUT2D eigenvalue weighted by atomic mass is 16.5. The van der Waals surface area contributed by atoms with E-state index in [-0.39, 0.29) is 6.71 Å². The predicted molar refractivity (Wildman–Crippen MR) is 437 cm³/mol. The second-order valence-corrected chi connectivity index (χ2v) is 29.0. The van der Waals surface area contributed by atoms with Crippen LogP contribution in [0.1, 0.15) is 47.2 Å². The van der Waals surface area contributed by atoms with Crippen LogP contribution in [0.5, 0.6) is 11.5 Å². The molecule has 1 aliphatic carbocycles. The van der Waals surface area contributed by atoms with E-state index >= 15 is 0 Å². The molecular formula is C100H68BN3O. The lowest BCUT2D eigenvalue weighted by atomic mass is 9.33. The summed E-state index contributed by atoms with van der Waals surface area (Å²) in [4.78, 5) is 7.83. The van der Waals surface area contributed by atoms with Crippen molar-refractivity contribution in [2.24, 2.45) is 0 Å². The molecule has 4 heterocycles. The highest BCUT2D eigenvalue weighted by Gasteiger charge is 2.53. The van der Waals surface area contributed by atoms with Crippen LogP contribution in [0.4, 0.5) is 51.2 Å². The highest BCUT2D eigenvalue weighted by Crippen LogP contribution is 2.65. The monoisotopic (exact) mass is 1340 g/mol. The van der Waals surface area contributed by atoms with Crippen molar-refractivity contribution in [2.45, 2.75) is 24.7 Å². The first kappa shape index (κ1) is 60.5. The zero-order valence-electron chi connectivity index (χ0n) is 58.1. The molecule has 0 N–H and O–H groups in total. The Bertz CT molecular complexity index is 6070. The summed E-state index contributed by atoms with van der Waals surface area (Å²) in [5, 5.41) is 0. The summed E-state index contributed by atoms with van der Waals surface area (Å²) in [5.74, 6) is 1.76. The molecule has 5 aliphatic rings. The van der Waals surface area contributed by atoms with Crippen molar-refractivity contribution in [3.8, 4) is 89.4 Å². The van der Waals surface area contributed by atoms with Crippen LogP contribution in [-0.4, -0.2) is 6.71 Å². The molecule has 4 aliphatic heterocycles. The largest absolute Gasteiger partial charge is 0.457 e.